The molecule has 0 atom stereocenters. The van der Waals surface area contributed by atoms with Crippen LogP contribution in [0.4, 0.5) is 17.1 Å². The van der Waals surface area contributed by atoms with E-state index < -0.39 is 0 Å². The van der Waals surface area contributed by atoms with Gasteiger partial charge in [0, 0.05) is 27.7 Å². The van der Waals surface area contributed by atoms with Crippen LogP contribution >= 0.6 is 0 Å². The molecular formula is C54H35NO. The summed E-state index contributed by atoms with van der Waals surface area (Å²) in [5.41, 5.74) is 12.3. The maximum Gasteiger partial charge on any atom is 0.136 e. The zero-order chi connectivity index (χ0) is 37.0. The smallest absolute Gasteiger partial charge is 0.136 e. The van der Waals surface area contributed by atoms with Gasteiger partial charge >= 0.3 is 0 Å². The Morgan fingerprint density at radius 2 is 0.893 bits per heavy atom. The van der Waals surface area contributed by atoms with Crippen molar-refractivity contribution < 1.29 is 4.42 Å². The first-order chi connectivity index (χ1) is 27.7. The van der Waals surface area contributed by atoms with Crippen LogP contribution in [0.15, 0.2) is 217 Å². The number of furan rings is 1. The molecule has 0 amide bonds. The van der Waals surface area contributed by atoms with E-state index in [4.69, 9.17) is 4.42 Å². The van der Waals surface area contributed by atoms with Gasteiger partial charge in [-0.3, -0.25) is 0 Å². The van der Waals surface area contributed by atoms with Crippen LogP contribution in [0.3, 0.4) is 0 Å². The van der Waals surface area contributed by atoms with Crippen LogP contribution in [-0.4, -0.2) is 0 Å². The first-order valence-corrected chi connectivity index (χ1v) is 19.2. The Morgan fingerprint density at radius 1 is 0.286 bits per heavy atom. The molecule has 2 nitrogen and oxygen atoms in total. The lowest BCUT2D eigenvalue weighted by Gasteiger charge is -2.28. The zero-order valence-electron chi connectivity index (χ0n) is 30.6. The van der Waals surface area contributed by atoms with Crippen LogP contribution in [-0.2, 0) is 0 Å². The third kappa shape index (κ3) is 5.42. The molecule has 11 rings (SSSR count). The van der Waals surface area contributed by atoms with E-state index in [1.807, 2.05) is 12.1 Å². The van der Waals surface area contributed by atoms with E-state index in [0.717, 1.165) is 39.0 Å². The minimum Gasteiger partial charge on any atom is -0.456 e. The molecule has 56 heavy (non-hydrogen) atoms. The van der Waals surface area contributed by atoms with Crippen LogP contribution in [0.2, 0.25) is 0 Å². The first-order valence-electron chi connectivity index (χ1n) is 19.2. The van der Waals surface area contributed by atoms with Gasteiger partial charge in [-0.2, -0.15) is 0 Å². The van der Waals surface area contributed by atoms with Crippen molar-refractivity contribution in [1.82, 2.24) is 0 Å². The van der Waals surface area contributed by atoms with Crippen LogP contribution in [0.1, 0.15) is 0 Å². The summed E-state index contributed by atoms with van der Waals surface area (Å²) in [6.07, 6.45) is 0. The van der Waals surface area contributed by atoms with Gasteiger partial charge in [-0.25, -0.2) is 0 Å². The van der Waals surface area contributed by atoms with Crippen molar-refractivity contribution in [3.05, 3.63) is 212 Å². The number of para-hydroxylation sites is 2. The second-order valence-corrected chi connectivity index (χ2v) is 14.5. The second-order valence-electron chi connectivity index (χ2n) is 14.5. The molecule has 0 saturated carbocycles. The minimum absolute atomic E-state index is 0.920. The van der Waals surface area contributed by atoms with E-state index in [1.54, 1.807) is 0 Å². The van der Waals surface area contributed by atoms with Gasteiger partial charge in [-0.1, -0.05) is 152 Å². The van der Waals surface area contributed by atoms with Gasteiger partial charge in [0.1, 0.15) is 11.2 Å². The Kier molecular flexibility index (Phi) is 7.53. The summed E-state index contributed by atoms with van der Waals surface area (Å²) < 4.78 is 6.18. The largest absolute Gasteiger partial charge is 0.456 e. The van der Waals surface area contributed by atoms with Gasteiger partial charge in [0.25, 0.3) is 0 Å². The molecule has 1 aromatic heterocycles. The number of nitrogens with zero attached hydrogens (tertiary/aromatic N) is 1. The third-order valence-electron chi connectivity index (χ3n) is 11.2. The molecule has 0 saturated heterocycles. The van der Waals surface area contributed by atoms with Gasteiger partial charge in [0.05, 0.1) is 5.69 Å². The van der Waals surface area contributed by atoms with Gasteiger partial charge in [0.2, 0.25) is 0 Å². The van der Waals surface area contributed by atoms with Crippen LogP contribution in [0, 0.1) is 0 Å². The quantitative estimate of drug-likeness (QED) is 0.160. The lowest BCUT2D eigenvalue weighted by molar-refractivity contribution is 0.669. The van der Waals surface area contributed by atoms with Crippen molar-refractivity contribution >= 4 is 71.3 Å². The molecule has 2 heteroatoms. The maximum absolute atomic E-state index is 6.18. The van der Waals surface area contributed by atoms with Crippen LogP contribution < -0.4 is 4.90 Å². The lowest BCUT2D eigenvalue weighted by atomic mass is 9.93. The highest BCUT2D eigenvalue weighted by molar-refractivity contribution is 6.14. The maximum atomic E-state index is 6.18. The Labute approximate surface area is 325 Å². The number of benzene rings is 10. The molecule has 0 spiro atoms. The molecule has 0 unspecified atom stereocenters. The minimum atomic E-state index is 0.920. The predicted molar refractivity (Wildman–Crippen MR) is 237 cm³/mol. The monoisotopic (exact) mass is 713 g/mol. The predicted octanol–water partition coefficient (Wildman–Crippen LogP) is 15.5. The highest BCUT2D eigenvalue weighted by Crippen LogP contribution is 2.43. The second kappa shape index (κ2) is 13.2. The first kappa shape index (κ1) is 32.0. The fourth-order valence-electron chi connectivity index (χ4n) is 8.49. The van der Waals surface area contributed by atoms with Crippen LogP contribution in [0.5, 0.6) is 0 Å². The standard InChI is InChI=1S/C54H35NO/c1-2-12-37(13-3-1)46-16-8-10-20-52(46)55(44-30-26-38(27-31-44)50-33-41-14-4-5-15-45(41)47-17-6-7-18-48(47)50)43-28-24-36(25-29-43)39-22-23-40-35-54-51(34-42(40)32-39)49-19-9-11-21-53(49)56-54/h1-35H. The molecule has 10 aromatic carbocycles. The fourth-order valence-corrected chi connectivity index (χ4v) is 8.49. The van der Waals surface area contributed by atoms with E-state index in [1.165, 1.54) is 65.7 Å². The zero-order valence-corrected chi connectivity index (χ0v) is 30.6. The molecule has 0 aliphatic heterocycles. The highest BCUT2D eigenvalue weighted by Gasteiger charge is 2.18. The molecule has 0 N–H and O–H groups in total. The van der Waals surface area contributed by atoms with E-state index in [-0.39, 0.29) is 0 Å². The average Bonchev–Trinajstić information content (AvgIpc) is 3.63. The number of anilines is 3. The molecule has 0 bridgehead atoms. The third-order valence-corrected chi connectivity index (χ3v) is 11.2. The molecule has 11 aromatic rings. The Balaban J connectivity index is 1.01. The number of hydrogen-bond acceptors (Lipinski definition) is 2. The lowest BCUT2D eigenvalue weighted by Crippen LogP contribution is -2.11. The summed E-state index contributed by atoms with van der Waals surface area (Å²) in [5.74, 6) is 0. The molecule has 0 radical (unpaired) electrons. The Morgan fingerprint density at radius 3 is 1.70 bits per heavy atom. The molecule has 262 valence electrons. The molecular weight excluding hydrogens is 679 g/mol. The Hall–Kier alpha value is -7.42. The summed E-state index contributed by atoms with van der Waals surface area (Å²) >= 11 is 0. The van der Waals surface area contributed by atoms with Gasteiger partial charge in [0.15, 0.2) is 0 Å². The molecule has 0 aliphatic rings. The summed E-state index contributed by atoms with van der Waals surface area (Å²) in [6.45, 7) is 0. The van der Waals surface area contributed by atoms with Gasteiger partial charge < -0.3 is 9.32 Å². The van der Waals surface area contributed by atoms with Crippen molar-refractivity contribution in [2.45, 2.75) is 0 Å². The summed E-state index contributed by atoms with van der Waals surface area (Å²) in [6, 6.07) is 76.6. The van der Waals surface area contributed by atoms with Gasteiger partial charge in [-0.15, -0.1) is 0 Å². The summed E-state index contributed by atoms with van der Waals surface area (Å²) in [5, 5.41) is 9.72. The number of rotatable bonds is 6. The molecule has 0 fully saturated rings. The average molecular weight is 714 g/mol. The normalized spacial score (nSPS) is 11.6. The summed E-state index contributed by atoms with van der Waals surface area (Å²) in [7, 11) is 0. The number of hydrogen-bond donors (Lipinski definition) is 0. The highest BCUT2D eigenvalue weighted by atomic mass is 16.3. The molecule has 1 heterocycles. The topological polar surface area (TPSA) is 16.4 Å². The van der Waals surface area contributed by atoms with Crippen molar-refractivity contribution in [3.63, 3.8) is 0 Å². The van der Waals surface area contributed by atoms with E-state index in [2.05, 4.69) is 205 Å². The fraction of sp³-hybridized carbons (Fsp3) is 0. The van der Waals surface area contributed by atoms with E-state index in [9.17, 15) is 0 Å². The molecule has 0 aliphatic carbocycles. The van der Waals surface area contributed by atoms with Crippen molar-refractivity contribution in [3.8, 4) is 33.4 Å². The van der Waals surface area contributed by atoms with Crippen molar-refractivity contribution in [2.24, 2.45) is 0 Å². The SMILES string of the molecule is c1ccc(-c2ccccc2N(c2ccc(-c3ccc4cc5oc6ccccc6c5cc4c3)cc2)c2ccc(-c3cc4ccccc4c4ccccc34)cc2)cc1. The van der Waals surface area contributed by atoms with Crippen molar-refractivity contribution in [1.29, 1.82) is 0 Å². The van der Waals surface area contributed by atoms with Gasteiger partial charge in [-0.05, 0) is 121 Å². The van der Waals surface area contributed by atoms with E-state index >= 15 is 0 Å². The summed E-state index contributed by atoms with van der Waals surface area (Å²) in [4.78, 5) is 2.38. The van der Waals surface area contributed by atoms with E-state index in [0.29, 0.717) is 0 Å². The van der Waals surface area contributed by atoms with Crippen molar-refractivity contribution in [2.75, 3.05) is 4.90 Å². The number of fused-ring (bicyclic) bond motifs is 7. The van der Waals surface area contributed by atoms with Crippen LogP contribution in [0.25, 0.3) is 87.6 Å². The Bertz CT molecular complexity index is 3230.